The quantitative estimate of drug-likeness (QED) is 0.655. The zero-order valence-electron chi connectivity index (χ0n) is 16.8. The number of halogens is 1. The maximum Gasteiger partial charge on any atom is 0.262 e. The average Bonchev–Trinajstić information content (AvgIpc) is 2.75. The summed E-state index contributed by atoms with van der Waals surface area (Å²) in [5.74, 6) is 0.582. The number of nitrogens with zero attached hydrogens (tertiary/aromatic N) is 1. The van der Waals surface area contributed by atoms with Gasteiger partial charge in [0, 0.05) is 18.8 Å². The molecule has 9 heteroatoms. The molecule has 30 heavy (non-hydrogen) atoms. The number of amides is 1. The molecule has 1 saturated heterocycles. The highest BCUT2D eigenvalue weighted by Gasteiger charge is 2.28. The normalized spacial score (nSPS) is 14.9. The van der Waals surface area contributed by atoms with Crippen molar-refractivity contribution in [3.8, 4) is 11.5 Å². The summed E-state index contributed by atoms with van der Waals surface area (Å²) in [4.78, 5) is 12.3. The second kappa shape index (κ2) is 10.1. The van der Waals surface area contributed by atoms with Crippen LogP contribution < -0.4 is 14.8 Å². The van der Waals surface area contributed by atoms with E-state index in [1.807, 2.05) is 13.0 Å². The lowest BCUT2D eigenvalue weighted by Crippen LogP contribution is -2.35. The molecule has 1 fully saturated rings. The summed E-state index contributed by atoms with van der Waals surface area (Å²) < 4.78 is 38.4. The van der Waals surface area contributed by atoms with Crippen LogP contribution in [0.3, 0.4) is 0 Å². The van der Waals surface area contributed by atoms with Gasteiger partial charge < -0.3 is 14.8 Å². The first kappa shape index (κ1) is 22.4. The fourth-order valence-electron chi connectivity index (χ4n) is 3.21. The number of nitrogens with one attached hydrogen (secondary N) is 1. The predicted molar refractivity (Wildman–Crippen MR) is 116 cm³/mol. The average molecular weight is 453 g/mol. The van der Waals surface area contributed by atoms with Crippen molar-refractivity contribution in [2.75, 3.05) is 31.6 Å². The Labute approximate surface area is 182 Å². The Bertz CT molecular complexity index is 991. The van der Waals surface area contributed by atoms with Crippen molar-refractivity contribution in [1.82, 2.24) is 4.31 Å². The van der Waals surface area contributed by atoms with Crippen LogP contribution in [0, 0.1) is 0 Å². The number of rotatable bonds is 8. The molecule has 0 radical (unpaired) electrons. The van der Waals surface area contributed by atoms with Crippen LogP contribution in [0.5, 0.6) is 11.5 Å². The maximum absolute atomic E-state index is 12.9. The first-order valence-corrected chi connectivity index (χ1v) is 11.7. The van der Waals surface area contributed by atoms with E-state index in [-0.39, 0.29) is 16.5 Å². The van der Waals surface area contributed by atoms with E-state index in [1.165, 1.54) is 16.4 Å². The first-order chi connectivity index (χ1) is 14.4. The summed E-state index contributed by atoms with van der Waals surface area (Å²) in [6.07, 6.45) is 2.67. The fourth-order valence-corrected chi connectivity index (χ4v) is 5.23. The molecular formula is C21H25ClN2O5S. The summed E-state index contributed by atoms with van der Waals surface area (Å²) in [7, 11) is -3.72. The van der Waals surface area contributed by atoms with Gasteiger partial charge in [0.2, 0.25) is 10.0 Å². The van der Waals surface area contributed by atoms with E-state index in [0.717, 1.165) is 19.3 Å². The smallest absolute Gasteiger partial charge is 0.262 e. The standard InChI is InChI=1S/C21H25ClN2O5S/c1-2-28-18-8-4-5-9-19(18)29-15-21(25)23-16-10-11-17(22)20(14-16)30(26,27)24-12-6-3-7-13-24/h4-5,8-11,14H,2-3,6-7,12-13,15H2,1H3,(H,23,25). The highest BCUT2D eigenvalue weighted by Crippen LogP contribution is 2.30. The highest BCUT2D eigenvalue weighted by atomic mass is 35.5. The Morgan fingerprint density at radius 1 is 1.07 bits per heavy atom. The fraction of sp³-hybridized carbons (Fsp3) is 0.381. The zero-order chi connectivity index (χ0) is 21.6. The van der Waals surface area contributed by atoms with Gasteiger partial charge in [-0.3, -0.25) is 4.79 Å². The van der Waals surface area contributed by atoms with Gasteiger partial charge in [-0.25, -0.2) is 8.42 Å². The zero-order valence-corrected chi connectivity index (χ0v) is 18.3. The molecule has 1 amide bonds. The van der Waals surface area contributed by atoms with Gasteiger partial charge in [-0.2, -0.15) is 4.31 Å². The summed E-state index contributed by atoms with van der Waals surface area (Å²) in [5.41, 5.74) is 0.335. The van der Waals surface area contributed by atoms with Crippen LogP contribution in [0.25, 0.3) is 0 Å². The molecule has 0 bridgehead atoms. The minimum absolute atomic E-state index is 0.00789. The molecule has 7 nitrogen and oxygen atoms in total. The maximum atomic E-state index is 12.9. The van der Waals surface area contributed by atoms with Gasteiger partial charge in [0.1, 0.15) is 4.90 Å². The molecule has 1 aliphatic rings. The monoisotopic (exact) mass is 452 g/mol. The van der Waals surface area contributed by atoms with Crippen LogP contribution in [0.1, 0.15) is 26.2 Å². The summed E-state index contributed by atoms with van der Waals surface area (Å²) >= 11 is 6.17. The number of hydrogen-bond donors (Lipinski definition) is 1. The number of piperidine rings is 1. The van der Waals surface area contributed by atoms with E-state index in [4.69, 9.17) is 21.1 Å². The highest BCUT2D eigenvalue weighted by molar-refractivity contribution is 7.89. The van der Waals surface area contributed by atoms with Crippen molar-refractivity contribution in [2.45, 2.75) is 31.1 Å². The van der Waals surface area contributed by atoms with Crippen LogP contribution in [0.15, 0.2) is 47.4 Å². The molecule has 2 aromatic rings. The third kappa shape index (κ3) is 5.44. The van der Waals surface area contributed by atoms with Crippen molar-refractivity contribution in [3.63, 3.8) is 0 Å². The first-order valence-electron chi connectivity index (χ1n) is 9.86. The topological polar surface area (TPSA) is 84.9 Å². The summed E-state index contributed by atoms with van der Waals surface area (Å²) in [5, 5.41) is 2.79. The number of hydrogen-bond acceptors (Lipinski definition) is 5. The summed E-state index contributed by atoms with van der Waals surface area (Å²) in [6.45, 7) is 3.04. The Morgan fingerprint density at radius 2 is 1.73 bits per heavy atom. The van der Waals surface area contributed by atoms with Crippen molar-refractivity contribution in [1.29, 1.82) is 0 Å². The molecule has 0 saturated carbocycles. The van der Waals surface area contributed by atoms with E-state index >= 15 is 0 Å². The van der Waals surface area contributed by atoms with Crippen LogP contribution in [-0.2, 0) is 14.8 Å². The van der Waals surface area contributed by atoms with E-state index < -0.39 is 15.9 Å². The van der Waals surface area contributed by atoms with E-state index in [9.17, 15) is 13.2 Å². The van der Waals surface area contributed by atoms with Crippen LogP contribution in [0.4, 0.5) is 5.69 Å². The minimum atomic E-state index is -3.72. The predicted octanol–water partition coefficient (Wildman–Crippen LogP) is 3.93. The van der Waals surface area contributed by atoms with Gasteiger partial charge in [-0.15, -0.1) is 0 Å². The number of carbonyl (C=O) groups excluding carboxylic acids is 1. The lowest BCUT2D eigenvalue weighted by atomic mass is 10.2. The van der Waals surface area contributed by atoms with Crippen molar-refractivity contribution < 1.29 is 22.7 Å². The largest absolute Gasteiger partial charge is 0.490 e. The minimum Gasteiger partial charge on any atom is -0.490 e. The Morgan fingerprint density at radius 3 is 2.40 bits per heavy atom. The molecule has 162 valence electrons. The molecule has 1 heterocycles. The second-order valence-corrected chi connectivity index (χ2v) is 9.14. The molecule has 0 unspecified atom stereocenters. The van der Waals surface area contributed by atoms with Gasteiger partial charge in [0.15, 0.2) is 18.1 Å². The number of anilines is 1. The van der Waals surface area contributed by atoms with Gasteiger partial charge >= 0.3 is 0 Å². The number of sulfonamides is 1. The van der Waals surface area contributed by atoms with Crippen LogP contribution >= 0.6 is 11.6 Å². The SMILES string of the molecule is CCOc1ccccc1OCC(=O)Nc1ccc(Cl)c(S(=O)(=O)N2CCCCC2)c1. The van der Waals surface area contributed by atoms with Crippen molar-refractivity contribution in [2.24, 2.45) is 0 Å². The van der Waals surface area contributed by atoms with Crippen molar-refractivity contribution in [3.05, 3.63) is 47.5 Å². The van der Waals surface area contributed by atoms with Crippen molar-refractivity contribution >= 4 is 33.2 Å². The Kier molecular flexibility index (Phi) is 7.58. The van der Waals surface area contributed by atoms with Gasteiger partial charge in [-0.1, -0.05) is 30.2 Å². The second-order valence-electron chi connectivity index (χ2n) is 6.83. The third-order valence-corrected chi connectivity index (χ3v) is 7.04. The molecule has 1 N–H and O–H groups in total. The summed E-state index contributed by atoms with van der Waals surface area (Å²) in [6, 6.07) is 11.5. The van der Waals surface area contributed by atoms with Gasteiger partial charge in [0.25, 0.3) is 5.91 Å². The molecule has 1 aliphatic heterocycles. The number of ether oxygens (including phenoxy) is 2. The number of para-hydroxylation sites is 2. The van der Waals surface area contributed by atoms with E-state index in [0.29, 0.717) is 36.9 Å². The lowest BCUT2D eigenvalue weighted by Gasteiger charge is -2.26. The van der Waals surface area contributed by atoms with E-state index in [2.05, 4.69) is 5.32 Å². The van der Waals surface area contributed by atoms with Crippen LogP contribution in [-0.4, -0.2) is 44.9 Å². The number of carbonyl (C=O) groups is 1. The molecule has 0 aliphatic carbocycles. The van der Waals surface area contributed by atoms with Crippen LogP contribution in [0.2, 0.25) is 5.02 Å². The molecule has 0 spiro atoms. The lowest BCUT2D eigenvalue weighted by molar-refractivity contribution is -0.118. The van der Waals surface area contributed by atoms with Gasteiger partial charge in [0.05, 0.1) is 11.6 Å². The molecular weight excluding hydrogens is 428 g/mol. The molecule has 0 aromatic heterocycles. The Hall–Kier alpha value is -2.29. The number of benzene rings is 2. The third-order valence-electron chi connectivity index (χ3n) is 4.66. The molecule has 0 atom stereocenters. The Balaban J connectivity index is 1.68. The molecule has 2 aromatic carbocycles. The molecule has 3 rings (SSSR count). The van der Waals surface area contributed by atoms with Gasteiger partial charge in [-0.05, 0) is 50.1 Å². The van der Waals surface area contributed by atoms with E-state index in [1.54, 1.807) is 24.3 Å².